The second-order valence-corrected chi connectivity index (χ2v) is 6.65. The van der Waals surface area contributed by atoms with Crippen molar-refractivity contribution < 1.29 is 13.5 Å². The Morgan fingerprint density at radius 1 is 1.18 bits per heavy atom. The van der Waals surface area contributed by atoms with Crippen LogP contribution in [-0.4, -0.2) is 19.3 Å². The number of hydrogen-bond acceptors (Lipinski definition) is 3. The average Bonchev–Trinajstić information content (AvgIpc) is 2.28. The molecule has 0 amide bonds. The monoisotopic (exact) mass is 256 g/mol. The van der Waals surface area contributed by atoms with E-state index < -0.39 is 9.84 Å². The van der Waals surface area contributed by atoms with Crippen molar-refractivity contribution in [2.24, 2.45) is 5.92 Å². The maximum atomic E-state index is 11.9. The van der Waals surface area contributed by atoms with E-state index in [9.17, 15) is 8.42 Å². The zero-order valence-corrected chi connectivity index (χ0v) is 11.2. The summed E-state index contributed by atoms with van der Waals surface area (Å²) in [6.07, 6.45) is 0.878. The first-order valence-corrected chi connectivity index (χ1v) is 7.68. The minimum Gasteiger partial charge on any atom is -0.392 e. The van der Waals surface area contributed by atoms with Gasteiger partial charge in [0.25, 0.3) is 0 Å². The van der Waals surface area contributed by atoms with Gasteiger partial charge >= 0.3 is 0 Å². The van der Waals surface area contributed by atoms with Crippen molar-refractivity contribution in [3.63, 3.8) is 0 Å². The number of sulfone groups is 1. The molecule has 0 heterocycles. The first-order valence-electron chi connectivity index (χ1n) is 5.86. The molecule has 1 rings (SSSR count). The lowest BCUT2D eigenvalue weighted by atomic mass is 10.2. The highest BCUT2D eigenvalue weighted by atomic mass is 32.2. The van der Waals surface area contributed by atoms with Gasteiger partial charge in [-0.25, -0.2) is 8.42 Å². The van der Waals surface area contributed by atoms with Gasteiger partial charge in [-0.05, 0) is 17.0 Å². The normalized spacial score (nSPS) is 13.6. The molecule has 96 valence electrons. The van der Waals surface area contributed by atoms with Crippen molar-refractivity contribution in [3.05, 3.63) is 35.4 Å². The molecule has 1 aromatic rings. The molecule has 0 bridgehead atoms. The molecular weight excluding hydrogens is 236 g/mol. The van der Waals surface area contributed by atoms with Gasteiger partial charge in [-0.15, -0.1) is 0 Å². The third-order valence-corrected chi connectivity index (χ3v) is 4.68. The van der Waals surface area contributed by atoms with E-state index in [1.54, 1.807) is 24.3 Å². The van der Waals surface area contributed by atoms with Crippen molar-refractivity contribution in [2.45, 2.75) is 32.6 Å². The van der Waals surface area contributed by atoms with Crippen molar-refractivity contribution >= 4 is 9.84 Å². The average molecular weight is 256 g/mol. The summed E-state index contributed by atoms with van der Waals surface area (Å²) in [7, 11) is -3.03. The van der Waals surface area contributed by atoms with E-state index in [0.29, 0.717) is 0 Å². The van der Waals surface area contributed by atoms with Crippen LogP contribution in [0, 0.1) is 5.92 Å². The summed E-state index contributed by atoms with van der Waals surface area (Å²) in [6.45, 7) is 3.93. The summed E-state index contributed by atoms with van der Waals surface area (Å²) < 4.78 is 23.7. The van der Waals surface area contributed by atoms with Gasteiger partial charge in [0, 0.05) is 0 Å². The Labute approximate surface area is 103 Å². The fourth-order valence-corrected chi connectivity index (χ4v) is 3.53. The van der Waals surface area contributed by atoms with Crippen LogP contribution < -0.4 is 0 Å². The second-order valence-electron chi connectivity index (χ2n) is 4.54. The molecule has 0 spiro atoms. The molecule has 0 radical (unpaired) electrons. The SMILES string of the molecule is CCC(C)CS(=O)(=O)Cc1ccc(CO)cc1. The molecule has 1 N–H and O–H groups in total. The van der Waals surface area contributed by atoms with Crippen LogP contribution in [0.1, 0.15) is 31.4 Å². The van der Waals surface area contributed by atoms with Gasteiger partial charge in [-0.2, -0.15) is 0 Å². The van der Waals surface area contributed by atoms with E-state index in [1.807, 2.05) is 13.8 Å². The van der Waals surface area contributed by atoms with E-state index in [2.05, 4.69) is 0 Å². The van der Waals surface area contributed by atoms with E-state index >= 15 is 0 Å². The summed E-state index contributed by atoms with van der Waals surface area (Å²) in [4.78, 5) is 0. The molecule has 0 aliphatic carbocycles. The molecule has 1 atom stereocenters. The smallest absolute Gasteiger partial charge is 0.154 e. The van der Waals surface area contributed by atoms with E-state index in [4.69, 9.17) is 5.11 Å². The third-order valence-electron chi connectivity index (χ3n) is 2.83. The Kier molecular flexibility index (Phi) is 5.15. The molecule has 17 heavy (non-hydrogen) atoms. The minimum atomic E-state index is -3.03. The summed E-state index contributed by atoms with van der Waals surface area (Å²) in [5, 5.41) is 8.89. The zero-order valence-electron chi connectivity index (χ0n) is 10.4. The Hall–Kier alpha value is -0.870. The largest absolute Gasteiger partial charge is 0.392 e. The Balaban J connectivity index is 2.69. The van der Waals surface area contributed by atoms with Crippen molar-refractivity contribution in [1.82, 2.24) is 0 Å². The topological polar surface area (TPSA) is 54.4 Å². The van der Waals surface area contributed by atoms with Crippen LogP contribution in [-0.2, 0) is 22.2 Å². The molecule has 1 unspecified atom stereocenters. The van der Waals surface area contributed by atoms with Crippen molar-refractivity contribution in [3.8, 4) is 0 Å². The van der Waals surface area contributed by atoms with Gasteiger partial charge in [0.05, 0.1) is 18.1 Å². The molecule has 4 heteroatoms. The summed E-state index contributed by atoms with van der Waals surface area (Å²) >= 11 is 0. The predicted molar refractivity (Wildman–Crippen MR) is 69.3 cm³/mol. The van der Waals surface area contributed by atoms with Crippen LogP contribution in [0.15, 0.2) is 24.3 Å². The van der Waals surface area contributed by atoms with Gasteiger partial charge in [-0.1, -0.05) is 44.5 Å². The van der Waals surface area contributed by atoms with Crippen LogP contribution in [0.4, 0.5) is 0 Å². The highest BCUT2D eigenvalue weighted by Crippen LogP contribution is 2.13. The molecule has 0 fully saturated rings. The highest BCUT2D eigenvalue weighted by molar-refractivity contribution is 7.90. The van der Waals surface area contributed by atoms with Crippen molar-refractivity contribution in [2.75, 3.05) is 5.75 Å². The predicted octanol–water partition coefficient (Wildman–Crippen LogP) is 2.14. The fourth-order valence-electron chi connectivity index (χ4n) is 1.61. The maximum Gasteiger partial charge on any atom is 0.154 e. The second kappa shape index (κ2) is 6.17. The van der Waals surface area contributed by atoms with E-state index in [0.717, 1.165) is 17.5 Å². The molecule has 1 aromatic carbocycles. The summed E-state index contributed by atoms with van der Waals surface area (Å²) in [5.74, 6) is 0.533. The molecule has 0 aliphatic heterocycles. The number of aliphatic hydroxyl groups excluding tert-OH is 1. The highest BCUT2D eigenvalue weighted by Gasteiger charge is 2.15. The number of rotatable bonds is 6. The molecule has 3 nitrogen and oxygen atoms in total. The third kappa shape index (κ3) is 4.88. The van der Waals surface area contributed by atoms with Crippen LogP contribution in [0.25, 0.3) is 0 Å². The van der Waals surface area contributed by atoms with Crippen molar-refractivity contribution in [1.29, 1.82) is 0 Å². The summed E-state index contributed by atoms with van der Waals surface area (Å²) in [6, 6.07) is 7.04. The molecule has 0 aliphatic rings. The van der Waals surface area contributed by atoms with E-state index in [1.165, 1.54) is 0 Å². The number of benzene rings is 1. The van der Waals surface area contributed by atoms with E-state index in [-0.39, 0.29) is 24.0 Å². The minimum absolute atomic E-state index is 0.0140. The Morgan fingerprint density at radius 2 is 1.71 bits per heavy atom. The lowest BCUT2D eigenvalue weighted by Gasteiger charge is -2.09. The summed E-state index contributed by atoms with van der Waals surface area (Å²) in [5.41, 5.74) is 1.58. The van der Waals surface area contributed by atoms with Crippen LogP contribution in [0.3, 0.4) is 0 Å². The fraction of sp³-hybridized carbons (Fsp3) is 0.538. The Morgan fingerprint density at radius 3 is 2.18 bits per heavy atom. The maximum absolute atomic E-state index is 11.9. The lowest BCUT2D eigenvalue weighted by Crippen LogP contribution is -2.15. The van der Waals surface area contributed by atoms with Gasteiger partial charge in [0.2, 0.25) is 0 Å². The van der Waals surface area contributed by atoms with Crippen LogP contribution >= 0.6 is 0 Å². The van der Waals surface area contributed by atoms with Crippen LogP contribution in [0.5, 0.6) is 0 Å². The van der Waals surface area contributed by atoms with Gasteiger partial charge in [0.1, 0.15) is 0 Å². The standard InChI is InChI=1S/C13H20O3S/c1-3-11(2)9-17(15,16)10-13-6-4-12(8-14)5-7-13/h4-7,11,14H,3,8-10H2,1-2H3. The zero-order chi connectivity index (χ0) is 12.9. The van der Waals surface area contributed by atoms with Gasteiger partial charge in [0.15, 0.2) is 9.84 Å². The first-order chi connectivity index (χ1) is 7.96. The lowest BCUT2D eigenvalue weighted by molar-refractivity contribution is 0.282. The molecule has 0 saturated heterocycles. The molecular formula is C13H20O3S. The molecule has 0 saturated carbocycles. The first kappa shape index (κ1) is 14.2. The Bertz CT molecular complexity index is 434. The number of aliphatic hydroxyl groups is 1. The van der Waals surface area contributed by atoms with Crippen LogP contribution in [0.2, 0.25) is 0 Å². The molecule has 0 aromatic heterocycles. The van der Waals surface area contributed by atoms with Gasteiger partial charge in [-0.3, -0.25) is 0 Å². The number of hydrogen-bond donors (Lipinski definition) is 1. The van der Waals surface area contributed by atoms with Gasteiger partial charge < -0.3 is 5.11 Å². The quantitative estimate of drug-likeness (QED) is 0.848.